The number of carbonyl (C=O) groups is 1. The summed E-state index contributed by atoms with van der Waals surface area (Å²) in [7, 11) is 3.43. The Morgan fingerprint density at radius 2 is 1.67 bits per heavy atom. The van der Waals surface area contributed by atoms with Gasteiger partial charge >= 0.3 is 0 Å². The molecule has 1 amide bonds. The number of aliphatic hydroxyl groups excluding tert-OH is 1. The number of para-hydroxylation sites is 1. The SMILES string of the molecule is CN(C)C(=O)c1ccccc1OCc1ccc(CO)cc1. The third-order valence-electron chi connectivity index (χ3n) is 3.12. The molecule has 2 aromatic carbocycles. The summed E-state index contributed by atoms with van der Waals surface area (Å²) in [5.74, 6) is 0.490. The predicted octanol–water partition coefficient (Wildman–Crippen LogP) is 2.46. The van der Waals surface area contributed by atoms with Crippen LogP contribution in [0.1, 0.15) is 21.5 Å². The minimum absolute atomic E-state index is 0.0291. The van der Waals surface area contributed by atoms with E-state index >= 15 is 0 Å². The molecule has 0 aromatic heterocycles. The maximum atomic E-state index is 12.1. The number of ether oxygens (including phenoxy) is 1. The summed E-state index contributed by atoms with van der Waals surface area (Å²) >= 11 is 0. The molecule has 0 aliphatic heterocycles. The number of hydrogen-bond donors (Lipinski definition) is 1. The Labute approximate surface area is 124 Å². The molecule has 2 rings (SSSR count). The molecule has 0 aliphatic carbocycles. The Morgan fingerprint density at radius 3 is 2.29 bits per heavy atom. The van der Waals surface area contributed by atoms with Crippen LogP contribution in [-0.4, -0.2) is 30.0 Å². The first-order valence-electron chi connectivity index (χ1n) is 6.74. The summed E-state index contributed by atoms with van der Waals surface area (Å²) in [6.45, 7) is 0.407. The number of rotatable bonds is 5. The molecule has 4 heteroatoms. The zero-order chi connectivity index (χ0) is 15.2. The van der Waals surface area contributed by atoms with Crippen molar-refractivity contribution in [2.75, 3.05) is 14.1 Å². The second kappa shape index (κ2) is 6.90. The van der Waals surface area contributed by atoms with Gasteiger partial charge in [-0.2, -0.15) is 0 Å². The van der Waals surface area contributed by atoms with Gasteiger partial charge < -0.3 is 14.7 Å². The highest BCUT2D eigenvalue weighted by atomic mass is 16.5. The molecule has 0 spiro atoms. The van der Waals surface area contributed by atoms with Gasteiger partial charge in [-0.3, -0.25) is 4.79 Å². The predicted molar refractivity (Wildman–Crippen MR) is 81.2 cm³/mol. The largest absolute Gasteiger partial charge is 0.488 e. The first-order chi connectivity index (χ1) is 10.1. The highest BCUT2D eigenvalue weighted by Crippen LogP contribution is 2.20. The van der Waals surface area contributed by atoms with Gasteiger partial charge in [0, 0.05) is 14.1 Å². The Kier molecular flexibility index (Phi) is 4.95. The third-order valence-corrected chi connectivity index (χ3v) is 3.12. The van der Waals surface area contributed by atoms with Crippen LogP contribution in [0.5, 0.6) is 5.75 Å². The van der Waals surface area contributed by atoms with E-state index in [4.69, 9.17) is 9.84 Å². The van der Waals surface area contributed by atoms with Gasteiger partial charge in [-0.15, -0.1) is 0 Å². The van der Waals surface area contributed by atoms with E-state index in [1.54, 1.807) is 26.2 Å². The fraction of sp³-hybridized carbons (Fsp3) is 0.235. The zero-order valence-electron chi connectivity index (χ0n) is 12.2. The van der Waals surface area contributed by atoms with Gasteiger partial charge in [0.1, 0.15) is 12.4 Å². The van der Waals surface area contributed by atoms with Crippen molar-refractivity contribution in [2.45, 2.75) is 13.2 Å². The molecule has 4 nitrogen and oxygen atoms in total. The number of amides is 1. The second-order valence-corrected chi connectivity index (χ2v) is 4.96. The summed E-state index contributed by atoms with van der Waals surface area (Å²) in [5.41, 5.74) is 2.40. The molecule has 0 fully saturated rings. The van der Waals surface area contributed by atoms with Crippen LogP contribution < -0.4 is 4.74 Å². The van der Waals surface area contributed by atoms with Crippen molar-refractivity contribution >= 4 is 5.91 Å². The number of nitrogens with zero attached hydrogens (tertiary/aromatic N) is 1. The Morgan fingerprint density at radius 1 is 1.05 bits per heavy atom. The maximum absolute atomic E-state index is 12.1. The molecule has 110 valence electrons. The van der Waals surface area contributed by atoms with Gasteiger partial charge in [0.05, 0.1) is 12.2 Å². The highest BCUT2D eigenvalue weighted by Gasteiger charge is 2.13. The summed E-state index contributed by atoms with van der Waals surface area (Å²) in [6.07, 6.45) is 0. The lowest BCUT2D eigenvalue weighted by molar-refractivity contribution is 0.0822. The number of benzene rings is 2. The lowest BCUT2D eigenvalue weighted by Crippen LogP contribution is -2.22. The summed E-state index contributed by atoms with van der Waals surface area (Å²) in [5, 5.41) is 9.01. The zero-order valence-corrected chi connectivity index (χ0v) is 12.2. The molecule has 0 aliphatic rings. The molecule has 0 heterocycles. The van der Waals surface area contributed by atoms with Crippen molar-refractivity contribution in [3.63, 3.8) is 0 Å². The van der Waals surface area contributed by atoms with E-state index in [2.05, 4.69) is 0 Å². The number of carbonyl (C=O) groups excluding carboxylic acids is 1. The maximum Gasteiger partial charge on any atom is 0.257 e. The normalized spacial score (nSPS) is 10.2. The van der Waals surface area contributed by atoms with Gasteiger partial charge in [-0.1, -0.05) is 36.4 Å². The van der Waals surface area contributed by atoms with Crippen molar-refractivity contribution in [3.8, 4) is 5.75 Å². The van der Waals surface area contributed by atoms with Crippen molar-refractivity contribution in [2.24, 2.45) is 0 Å². The third kappa shape index (κ3) is 3.83. The molecule has 0 saturated carbocycles. The van der Waals surface area contributed by atoms with E-state index in [1.807, 2.05) is 36.4 Å². The van der Waals surface area contributed by atoms with E-state index in [9.17, 15) is 4.79 Å². The smallest absolute Gasteiger partial charge is 0.257 e. The lowest BCUT2D eigenvalue weighted by Gasteiger charge is -2.14. The van der Waals surface area contributed by atoms with Crippen LogP contribution in [0.25, 0.3) is 0 Å². The van der Waals surface area contributed by atoms with Crippen LogP contribution in [0.2, 0.25) is 0 Å². The molecule has 21 heavy (non-hydrogen) atoms. The van der Waals surface area contributed by atoms with E-state index in [-0.39, 0.29) is 12.5 Å². The Balaban J connectivity index is 2.10. The Hall–Kier alpha value is -2.33. The molecule has 0 unspecified atom stereocenters. The minimum atomic E-state index is -0.0822. The number of aliphatic hydroxyl groups is 1. The molecule has 0 atom stereocenters. The molecule has 1 N–H and O–H groups in total. The molecule has 0 bridgehead atoms. The second-order valence-electron chi connectivity index (χ2n) is 4.96. The van der Waals surface area contributed by atoms with Crippen LogP contribution in [-0.2, 0) is 13.2 Å². The minimum Gasteiger partial charge on any atom is -0.488 e. The monoisotopic (exact) mass is 285 g/mol. The van der Waals surface area contributed by atoms with Crippen LogP contribution in [0.15, 0.2) is 48.5 Å². The van der Waals surface area contributed by atoms with Gasteiger partial charge in [0.2, 0.25) is 0 Å². The average Bonchev–Trinajstić information content (AvgIpc) is 2.53. The molecule has 0 saturated heterocycles. The highest BCUT2D eigenvalue weighted by molar-refractivity contribution is 5.96. The van der Waals surface area contributed by atoms with E-state index < -0.39 is 0 Å². The molecular weight excluding hydrogens is 266 g/mol. The van der Waals surface area contributed by atoms with E-state index in [0.717, 1.165) is 11.1 Å². The lowest BCUT2D eigenvalue weighted by atomic mass is 10.1. The van der Waals surface area contributed by atoms with Gasteiger partial charge in [-0.25, -0.2) is 0 Å². The van der Waals surface area contributed by atoms with Crippen LogP contribution in [0, 0.1) is 0 Å². The standard InChI is InChI=1S/C17H19NO3/c1-18(2)17(20)15-5-3-4-6-16(15)21-12-14-9-7-13(11-19)8-10-14/h3-10,19H,11-12H2,1-2H3. The Bertz CT molecular complexity index is 606. The van der Waals surface area contributed by atoms with Crippen LogP contribution in [0.4, 0.5) is 0 Å². The molecule has 2 aromatic rings. The number of hydrogen-bond acceptors (Lipinski definition) is 3. The van der Waals surface area contributed by atoms with Gasteiger partial charge in [0.25, 0.3) is 5.91 Å². The quantitative estimate of drug-likeness (QED) is 0.918. The summed E-state index contributed by atoms with van der Waals surface area (Å²) < 4.78 is 5.76. The van der Waals surface area contributed by atoms with Crippen molar-refractivity contribution < 1.29 is 14.6 Å². The first kappa shape index (κ1) is 15.1. The summed E-state index contributed by atoms with van der Waals surface area (Å²) in [6, 6.07) is 14.7. The van der Waals surface area contributed by atoms with Gasteiger partial charge in [0.15, 0.2) is 0 Å². The summed E-state index contributed by atoms with van der Waals surface area (Å²) in [4.78, 5) is 13.6. The van der Waals surface area contributed by atoms with E-state index in [1.165, 1.54) is 4.90 Å². The fourth-order valence-electron chi connectivity index (χ4n) is 1.91. The topological polar surface area (TPSA) is 49.8 Å². The van der Waals surface area contributed by atoms with Gasteiger partial charge in [-0.05, 0) is 23.3 Å². The average molecular weight is 285 g/mol. The van der Waals surface area contributed by atoms with E-state index in [0.29, 0.717) is 17.9 Å². The van der Waals surface area contributed by atoms with Crippen molar-refractivity contribution in [3.05, 3.63) is 65.2 Å². The molecule has 0 radical (unpaired) electrons. The van der Waals surface area contributed by atoms with Crippen LogP contribution >= 0.6 is 0 Å². The fourth-order valence-corrected chi connectivity index (χ4v) is 1.91. The van der Waals surface area contributed by atoms with Crippen LogP contribution in [0.3, 0.4) is 0 Å². The van der Waals surface area contributed by atoms with Crippen molar-refractivity contribution in [1.82, 2.24) is 4.90 Å². The molecular formula is C17H19NO3. The van der Waals surface area contributed by atoms with Crippen molar-refractivity contribution in [1.29, 1.82) is 0 Å². The first-order valence-corrected chi connectivity index (χ1v) is 6.74.